The lowest BCUT2D eigenvalue weighted by Gasteiger charge is -2.25. The van der Waals surface area contributed by atoms with E-state index in [-0.39, 0.29) is 11.4 Å². The lowest BCUT2D eigenvalue weighted by atomic mass is 10.0. The van der Waals surface area contributed by atoms with E-state index in [0.717, 1.165) is 16.8 Å². The normalized spacial score (nSPS) is 14.6. The molecule has 2 aromatic carbocycles. The van der Waals surface area contributed by atoms with Crippen LogP contribution in [0.1, 0.15) is 18.2 Å². The van der Waals surface area contributed by atoms with Crippen LogP contribution in [0.2, 0.25) is 5.02 Å². The van der Waals surface area contributed by atoms with Crippen molar-refractivity contribution in [3.63, 3.8) is 0 Å². The van der Waals surface area contributed by atoms with Crippen LogP contribution < -0.4 is 4.74 Å². The molecule has 0 saturated carbocycles. The standard InChI is InChI=1S/C20H19ClN2O4S/c1-2-26-16-7-9-17(10-8-16)28(24,25)23-12-11-19-18(13-23)20(27-22-19)14-3-5-15(21)6-4-14/h3-10H,2,11-13H2,1H3. The summed E-state index contributed by atoms with van der Waals surface area (Å²) in [5.74, 6) is 1.23. The van der Waals surface area contributed by atoms with Crippen molar-refractivity contribution >= 4 is 21.6 Å². The fourth-order valence-electron chi connectivity index (χ4n) is 3.24. The molecule has 2 heterocycles. The smallest absolute Gasteiger partial charge is 0.243 e. The number of sulfonamides is 1. The van der Waals surface area contributed by atoms with Gasteiger partial charge in [0.1, 0.15) is 5.75 Å². The molecular formula is C20H19ClN2O4S. The van der Waals surface area contributed by atoms with Crippen molar-refractivity contribution < 1.29 is 17.7 Å². The molecule has 1 aliphatic rings. The molecule has 146 valence electrons. The van der Waals surface area contributed by atoms with Crippen LogP contribution in [0.4, 0.5) is 0 Å². The van der Waals surface area contributed by atoms with Crippen LogP contribution in [0.15, 0.2) is 57.9 Å². The number of hydrogen-bond donors (Lipinski definition) is 0. The number of ether oxygens (including phenoxy) is 1. The van der Waals surface area contributed by atoms with Crippen LogP contribution in [0.25, 0.3) is 11.3 Å². The molecule has 0 bridgehead atoms. The van der Waals surface area contributed by atoms with Gasteiger partial charge in [-0.15, -0.1) is 0 Å². The summed E-state index contributed by atoms with van der Waals surface area (Å²) in [7, 11) is -3.63. The second kappa shape index (κ2) is 7.58. The highest BCUT2D eigenvalue weighted by molar-refractivity contribution is 7.89. The minimum absolute atomic E-state index is 0.215. The summed E-state index contributed by atoms with van der Waals surface area (Å²) < 4.78 is 38.6. The monoisotopic (exact) mass is 418 g/mol. The van der Waals surface area contributed by atoms with Gasteiger partial charge in [-0.05, 0) is 55.5 Å². The highest BCUT2D eigenvalue weighted by atomic mass is 35.5. The fourth-order valence-corrected chi connectivity index (χ4v) is 4.78. The molecule has 0 aliphatic carbocycles. The first-order chi connectivity index (χ1) is 13.5. The van der Waals surface area contributed by atoms with E-state index in [9.17, 15) is 8.42 Å². The first kappa shape index (κ1) is 19.0. The van der Waals surface area contributed by atoms with E-state index in [4.69, 9.17) is 20.9 Å². The largest absolute Gasteiger partial charge is 0.494 e. The molecule has 0 amide bonds. The number of nitrogens with zero attached hydrogens (tertiary/aromatic N) is 2. The predicted molar refractivity (Wildman–Crippen MR) is 106 cm³/mol. The summed E-state index contributed by atoms with van der Waals surface area (Å²) in [5.41, 5.74) is 2.41. The van der Waals surface area contributed by atoms with Gasteiger partial charge in [0.15, 0.2) is 5.76 Å². The van der Waals surface area contributed by atoms with Crippen LogP contribution in [-0.4, -0.2) is 31.0 Å². The Hall–Kier alpha value is -2.35. The molecule has 3 aromatic rings. The molecule has 0 unspecified atom stereocenters. The molecule has 28 heavy (non-hydrogen) atoms. The minimum Gasteiger partial charge on any atom is -0.494 e. The molecule has 0 fully saturated rings. The summed E-state index contributed by atoms with van der Waals surface area (Å²) >= 11 is 5.96. The molecule has 0 saturated heterocycles. The zero-order chi connectivity index (χ0) is 19.7. The van der Waals surface area contributed by atoms with Gasteiger partial charge in [0.25, 0.3) is 0 Å². The summed E-state index contributed by atoms with van der Waals surface area (Å²) in [5, 5.41) is 4.75. The Bertz CT molecular complexity index is 1080. The van der Waals surface area contributed by atoms with Crippen LogP contribution in [0.3, 0.4) is 0 Å². The Balaban J connectivity index is 1.62. The number of halogens is 1. The fraction of sp³-hybridized carbons (Fsp3) is 0.250. The van der Waals surface area contributed by atoms with Crippen molar-refractivity contribution in [2.24, 2.45) is 0 Å². The van der Waals surface area contributed by atoms with Gasteiger partial charge in [0, 0.05) is 35.7 Å². The Labute approximate surface area is 168 Å². The van der Waals surface area contributed by atoms with Crippen LogP contribution in [0.5, 0.6) is 5.75 Å². The number of aromatic nitrogens is 1. The third kappa shape index (κ3) is 3.53. The Kier molecular flexibility index (Phi) is 5.14. The lowest BCUT2D eigenvalue weighted by molar-refractivity contribution is 0.340. The number of rotatable bonds is 5. The third-order valence-electron chi connectivity index (χ3n) is 4.68. The molecule has 1 aromatic heterocycles. The van der Waals surface area contributed by atoms with E-state index in [1.165, 1.54) is 4.31 Å². The highest BCUT2D eigenvalue weighted by Gasteiger charge is 2.32. The predicted octanol–water partition coefficient (Wildman–Crippen LogP) is 4.14. The summed E-state index contributed by atoms with van der Waals surface area (Å²) in [6.45, 7) is 2.98. The average Bonchev–Trinajstić information content (AvgIpc) is 3.12. The van der Waals surface area contributed by atoms with Crippen LogP contribution >= 0.6 is 11.6 Å². The van der Waals surface area contributed by atoms with Gasteiger partial charge in [-0.2, -0.15) is 4.31 Å². The number of benzene rings is 2. The zero-order valence-electron chi connectivity index (χ0n) is 15.3. The molecule has 4 rings (SSSR count). The molecule has 0 N–H and O–H groups in total. The van der Waals surface area contributed by atoms with E-state index in [1.54, 1.807) is 36.4 Å². The van der Waals surface area contributed by atoms with E-state index in [0.29, 0.717) is 36.1 Å². The van der Waals surface area contributed by atoms with Gasteiger partial charge in [-0.1, -0.05) is 16.8 Å². The molecule has 6 nitrogen and oxygen atoms in total. The summed E-state index contributed by atoms with van der Waals surface area (Å²) in [6.07, 6.45) is 0.503. The van der Waals surface area contributed by atoms with Crippen molar-refractivity contribution in [2.75, 3.05) is 13.2 Å². The van der Waals surface area contributed by atoms with Crippen molar-refractivity contribution in [2.45, 2.75) is 24.8 Å². The molecular weight excluding hydrogens is 400 g/mol. The van der Waals surface area contributed by atoms with Gasteiger partial charge < -0.3 is 9.26 Å². The number of hydrogen-bond acceptors (Lipinski definition) is 5. The summed E-state index contributed by atoms with van der Waals surface area (Å²) in [4.78, 5) is 0.240. The first-order valence-electron chi connectivity index (χ1n) is 8.95. The highest BCUT2D eigenvalue weighted by Crippen LogP contribution is 2.33. The van der Waals surface area contributed by atoms with E-state index >= 15 is 0 Å². The SMILES string of the molecule is CCOc1ccc(S(=O)(=O)N2CCc3noc(-c4ccc(Cl)cc4)c3C2)cc1. The van der Waals surface area contributed by atoms with Crippen LogP contribution in [0, 0.1) is 0 Å². The first-order valence-corrected chi connectivity index (χ1v) is 10.8. The number of fused-ring (bicyclic) bond motifs is 1. The average molecular weight is 419 g/mol. The zero-order valence-corrected chi connectivity index (χ0v) is 16.8. The van der Waals surface area contributed by atoms with Gasteiger partial charge in [-0.25, -0.2) is 8.42 Å². The Morgan fingerprint density at radius 1 is 1.14 bits per heavy atom. The Morgan fingerprint density at radius 2 is 1.86 bits per heavy atom. The van der Waals surface area contributed by atoms with Crippen molar-refractivity contribution in [3.8, 4) is 17.1 Å². The maximum atomic E-state index is 13.1. The van der Waals surface area contributed by atoms with E-state index in [1.807, 2.05) is 19.1 Å². The maximum Gasteiger partial charge on any atom is 0.243 e. The van der Waals surface area contributed by atoms with Gasteiger partial charge >= 0.3 is 0 Å². The molecule has 0 radical (unpaired) electrons. The van der Waals surface area contributed by atoms with E-state index < -0.39 is 10.0 Å². The molecule has 0 spiro atoms. The lowest BCUT2D eigenvalue weighted by Crippen LogP contribution is -2.35. The van der Waals surface area contributed by atoms with Crippen molar-refractivity contribution in [1.29, 1.82) is 0 Å². The van der Waals surface area contributed by atoms with E-state index in [2.05, 4.69) is 5.16 Å². The van der Waals surface area contributed by atoms with Gasteiger partial charge in [-0.3, -0.25) is 0 Å². The van der Waals surface area contributed by atoms with Gasteiger partial charge in [0.2, 0.25) is 10.0 Å². The second-order valence-electron chi connectivity index (χ2n) is 6.44. The third-order valence-corrected chi connectivity index (χ3v) is 6.79. The minimum atomic E-state index is -3.63. The molecule has 0 atom stereocenters. The second-order valence-corrected chi connectivity index (χ2v) is 8.81. The molecule has 8 heteroatoms. The molecule has 1 aliphatic heterocycles. The van der Waals surface area contributed by atoms with Gasteiger partial charge in [0.05, 0.1) is 17.2 Å². The maximum absolute atomic E-state index is 13.1. The Morgan fingerprint density at radius 3 is 2.54 bits per heavy atom. The quantitative estimate of drug-likeness (QED) is 0.622. The van der Waals surface area contributed by atoms with Crippen LogP contribution in [-0.2, 0) is 23.0 Å². The summed E-state index contributed by atoms with van der Waals surface area (Å²) in [6, 6.07) is 13.7. The van der Waals surface area contributed by atoms with Crippen molar-refractivity contribution in [1.82, 2.24) is 9.46 Å². The van der Waals surface area contributed by atoms with Crippen molar-refractivity contribution in [3.05, 3.63) is 64.8 Å². The topological polar surface area (TPSA) is 72.6 Å².